The molecule has 0 bridgehead atoms. The fourth-order valence-electron chi connectivity index (χ4n) is 2.77. The largest absolute Gasteiger partial charge is 0.493 e. The summed E-state index contributed by atoms with van der Waals surface area (Å²) < 4.78 is 16.4. The maximum Gasteiger partial charge on any atom is 0.254 e. The number of ether oxygens (including phenoxy) is 3. The Morgan fingerprint density at radius 1 is 1.36 bits per heavy atom. The number of methoxy groups -OCH3 is 1. The van der Waals surface area contributed by atoms with Gasteiger partial charge in [-0.2, -0.15) is 0 Å². The van der Waals surface area contributed by atoms with Crippen LogP contribution in [0.15, 0.2) is 12.1 Å². The molecule has 0 aliphatic carbocycles. The van der Waals surface area contributed by atoms with Crippen molar-refractivity contribution in [2.24, 2.45) is 5.73 Å². The number of carbonyl (C=O) groups excluding carboxylic acids is 1. The molecule has 1 amide bonds. The summed E-state index contributed by atoms with van der Waals surface area (Å²) in [5.74, 6) is 1.61. The Kier molecular flexibility index (Phi) is 5.37. The quantitative estimate of drug-likeness (QED) is 0.889. The number of nitrogens with zero attached hydrogens (tertiary/aromatic N) is 1. The lowest BCUT2D eigenvalue weighted by Gasteiger charge is -2.31. The van der Waals surface area contributed by atoms with E-state index in [-0.39, 0.29) is 24.4 Å². The minimum atomic E-state index is -0.0413. The number of hydrogen-bond acceptors (Lipinski definition) is 5. The molecule has 0 saturated carbocycles. The zero-order valence-electron chi connectivity index (χ0n) is 12.5. The summed E-state index contributed by atoms with van der Waals surface area (Å²) in [6, 6.07) is 3.48. The van der Waals surface area contributed by atoms with E-state index in [0.29, 0.717) is 42.6 Å². The Morgan fingerprint density at radius 2 is 2.14 bits per heavy atom. The van der Waals surface area contributed by atoms with Crippen LogP contribution in [0.2, 0.25) is 0 Å². The molecule has 6 nitrogen and oxygen atoms in total. The summed E-state index contributed by atoms with van der Waals surface area (Å²) >= 11 is 0. The topological polar surface area (TPSA) is 74.0 Å². The fourth-order valence-corrected chi connectivity index (χ4v) is 2.77. The predicted octanol–water partition coefficient (Wildman–Crippen LogP) is 1.45. The molecule has 2 heterocycles. The van der Waals surface area contributed by atoms with Gasteiger partial charge < -0.3 is 24.8 Å². The van der Waals surface area contributed by atoms with E-state index >= 15 is 0 Å². The van der Waals surface area contributed by atoms with Gasteiger partial charge in [-0.05, 0) is 25.0 Å². The average Bonchev–Trinajstić information content (AvgIpc) is 2.53. The van der Waals surface area contributed by atoms with Crippen molar-refractivity contribution in [3.05, 3.63) is 17.7 Å². The number of benzene rings is 1. The molecule has 1 aromatic rings. The van der Waals surface area contributed by atoms with E-state index in [2.05, 4.69) is 0 Å². The molecule has 2 aliphatic heterocycles. The molecular formula is C15H21ClN2O4. The summed E-state index contributed by atoms with van der Waals surface area (Å²) in [6.45, 7) is 2.29. The van der Waals surface area contributed by atoms with Crippen LogP contribution in [0.4, 0.5) is 0 Å². The zero-order valence-corrected chi connectivity index (χ0v) is 13.4. The molecule has 3 rings (SSSR count). The zero-order chi connectivity index (χ0) is 14.8. The van der Waals surface area contributed by atoms with Gasteiger partial charge in [0.15, 0.2) is 11.5 Å². The lowest BCUT2D eigenvalue weighted by molar-refractivity contribution is 0.0707. The normalized spacial score (nSPS) is 20.1. The standard InChI is InChI=1S/C15H20N2O4.ClH/c1-19-12-7-10(8-13-14(12)21-6-5-20-13)15(18)17-4-2-3-11(16)9-17;/h7-8,11H,2-6,9,16H2,1H3;1H. The van der Waals surface area contributed by atoms with Crippen molar-refractivity contribution in [2.75, 3.05) is 33.4 Å². The van der Waals surface area contributed by atoms with E-state index in [9.17, 15) is 4.79 Å². The molecule has 1 aromatic carbocycles. The van der Waals surface area contributed by atoms with Gasteiger partial charge in [0, 0.05) is 24.7 Å². The highest BCUT2D eigenvalue weighted by atomic mass is 35.5. The van der Waals surface area contributed by atoms with Gasteiger partial charge in [0.1, 0.15) is 13.2 Å². The van der Waals surface area contributed by atoms with Crippen LogP contribution in [-0.2, 0) is 0 Å². The van der Waals surface area contributed by atoms with Gasteiger partial charge in [0.25, 0.3) is 5.91 Å². The van der Waals surface area contributed by atoms with Crippen LogP contribution in [0, 0.1) is 0 Å². The SMILES string of the molecule is COc1cc(C(=O)N2CCCC(N)C2)cc2c1OCCO2.Cl. The van der Waals surface area contributed by atoms with Gasteiger partial charge >= 0.3 is 0 Å². The Labute approximate surface area is 135 Å². The first-order valence-corrected chi connectivity index (χ1v) is 7.21. The molecule has 2 N–H and O–H groups in total. The Bertz CT molecular complexity index is 535. The molecular weight excluding hydrogens is 308 g/mol. The minimum Gasteiger partial charge on any atom is -0.493 e. The first-order valence-electron chi connectivity index (χ1n) is 7.21. The van der Waals surface area contributed by atoms with Crippen LogP contribution < -0.4 is 19.9 Å². The van der Waals surface area contributed by atoms with E-state index in [1.165, 1.54) is 0 Å². The highest BCUT2D eigenvalue weighted by Gasteiger charge is 2.26. The maximum absolute atomic E-state index is 12.6. The monoisotopic (exact) mass is 328 g/mol. The molecule has 1 saturated heterocycles. The van der Waals surface area contributed by atoms with Crippen LogP contribution in [0.5, 0.6) is 17.2 Å². The van der Waals surface area contributed by atoms with Crippen molar-refractivity contribution in [1.82, 2.24) is 4.90 Å². The van der Waals surface area contributed by atoms with Crippen molar-refractivity contribution in [2.45, 2.75) is 18.9 Å². The summed E-state index contributed by atoms with van der Waals surface area (Å²) in [5.41, 5.74) is 6.49. The molecule has 1 atom stereocenters. The van der Waals surface area contributed by atoms with E-state index in [1.54, 1.807) is 24.1 Å². The van der Waals surface area contributed by atoms with Crippen molar-refractivity contribution < 1.29 is 19.0 Å². The van der Waals surface area contributed by atoms with Crippen LogP contribution in [0.1, 0.15) is 23.2 Å². The van der Waals surface area contributed by atoms with Crippen LogP contribution in [0.25, 0.3) is 0 Å². The van der Waals surface area contributed by atoms with E-state index < -0.39 is 0 Å². The number of nitrogens with two attached hydrogens (primary N) is 1. The van der Waals surface area contributed by atoms with Crippen LogP contribution in [0.3, 0.4) is 0 Å². The summed E-state index contributed by atoms with van der Waals surface area (Å²) in [5, 5.41) is 0. The Balaban J connectivity index is 0.00000176. The number of hydrogen-bond donors (Lipinski definition) is 1. The highest BCUT2D eigenvalue weighted by molar-refractivity contribution is 5.95. The second kappa shape index (κ2) is 7.07. The van der Waals surface area contributed by atoms with Crippen LogP contribution in [-0.4, -0.2) is 50.3 Å². The number of likely N-dealkylation sites (tertiary alicyclic amines) is 1. The highest BCUT2D eigenvalue weighted by Crippen LogP contribution is 2.40. The van der Waals surface area contributed by atoms with Crippen molar-refractivity contribution in [1.29, 1.82) is 0 Å². The molecule has 1 unspecified atom stereocenters. The third-order valence-electron chi connectivity index (χ3n) is 3.82. The number of amides is 1. The molecule has 0 radical (unpaired) electrons. The number of fused-ring (bicyclic) bond motifs is 1. The average molecular weight is 329 g/mol. The van der Waals surface area contributed by atoms with E-state index in [1.807, 2.05) is 0 Å². The van der Waals surface area contributed by atoms with Crippen molar-refractivity contribution >= 4 is 18.3 Å². The molecule has 7 heteroatoms. The smallest absolute Gasteiger partial charge is 0.254 e. The first kappa shape index (κ1) is 16.7. The lowest BCUT2D eigenvalue weighted by Crippen LogP contribution is -2.45. The predicted molar refractivity (Wildman–Crippen MR) is 84.3 cm³/mol. The fraction of sp³-hybridized carbons (Fsp3) is 0.533. The number of halogens is 1. The minimum absolute atomic E-state index is 0. The molecule has 0 spiro atoms. The van der Waals surface area contributed by atoms with Gasteiger partial charge in [-0.15, -0.1) is 12.4 Å². The van der Waals surface area contributed by atoms with Crippen LogP contribution >= 0.6 is 12.4 Å². The summed E-state index contributed by atoms with van der Waals surface area (Å²) in [7, 11) is 1.55. The number of piperidine rings is 1. The maximum atomic E-state index is 12.6. The molecule has 122 valence electrons. The first-order chi connectivity index (χ1) is 10.2. The molecule has 22 heavy (non-hydrogen) atoms. The van der Waals surface area contributed by atoms with Gasteiger partial charge in [-0.25, -0.2) is 0 Å². The lowest BCUT2D eigenvalue weighted by atomic mass is 10.0. The number of rotatable bonds is 2. The van der Waals surface area contributed by atoms with Gasteiger partial charge in [-0.3, -0.25) is 4.79 Å². The summed E-state index contributed by atoms with van der Waals surface area (Å²) in [6.07, 6.45) is 1.91. The van der Waals surface area contributed by atoms with E-state index in [4.69, 9.17) is 19.9 Å². The Morgan fingerprint density at radius 3 is 2.86 bits per heavy atom. The van der Waals surface area contributed by atoms with Crippen molar-refractivity contribution in [3.8, 4) is 17.2 Å². The third-order valence-corrected chi connectivity index (χ3v) is 3.82. The van der Waals surface area contributed by atoms with E-state index in [0.717, 1.165) is 19.4 Å². The molecule has 2 aliphatic rings. The second-order valence-electron chi connectivity index (χ2n) is 5.36. The van der Waals surface area contributed by atoms with Gasteiger partial charge in [0.2, 0.25) is 5.75 Å². The number of carbonyl (C=O) groups is 1. The molecule has 1 fully saturated rings. The van der Waals surface area contributed by atoms with Gasteiger partial charge in [-0.1, -0.05) is 0 Å². The molecule has 0 aromatic heterocycles. The third kappa shape index (κ3) is 3.23. The second-order valence-corrected chi connectivity index (χ2v) is 5.36. The van der Waals surface area contributed by atoms with Gasteiger partial charge in [0.05, 0.1) is 7.11 Å². The summed E-state index contributed by atoms with van der Waals surface area (Å²) in [4.78, 5) is 14.4. The van der Waals surface area contributed by atoms with Crippen molar-refractivity contribution in [3.63, 3.8) is 0 Å². The Hall–Kier alpha value is -1.66.